The van der Waals surface area contributed by atoms with Gasteiger partial charge in [-0.25, -0.2) is 0 Å². The van der Waals surface area contributed by atoms with E-state index in [1.54, 1.807) is 0 Å². The smallest absolute Gasteiger partial charge is 0.0459 e. The van der Waals surface area contributed by atoms with Crippen LogP contribution in [0.5, 0.6) is 0 Å². The maximum Gasteiger partial charge on any atom is 0.0459 e. The van der Waals surface area contributed by atoms with Crippen molar-refractivity contribution in [1.29, 1.82) is 0 Å². The lowest BCUT2D eigenvalue weighted by Gasteiger charge is -2.26. The molecular formula is C14H21ClN2. The van der Waals surface area contributed by atoms with E-state index in [-0.39, 0.29) is 6.04 Å². The number of hydrogen-bond donors (Lipinski definition) is 2. The van der Waals surface area contributed by atoms with E-state index in [1.807, 2.05) is 18.2 Å². The van der Waals surface area contributed by atoms with Crippen molar-refractivity contribution in [3.8, 4) is 0 Å². The van der Waals surface area contributed by atoms with Gasteiger partial charge in [-0.1, -0.05) is 49.1 Å². The Labute approximate surface area is 109 Å². The first-order valence-electron chi connectivity index (χ1n) is 6.49. The summed E-state index contributed by atoms with van der Waals surface area (Å²) in [6.45, 7) is 1.63. The van der Waals surface area contributed by atoms with Gasteiger partial charge in [-0.3, -0.25) is 0 Å². The Kier molecular flexibility index (Phi) is 4.84. The molecule has 1 aromatic carbocycles. The van der Waals surface area contributed by atoms with Gasteiger partial charge in [-0.2, -0.15) is 0 Å². The van der Waals surface area contributed by atoms with E-state index in [9.17, 15) is 0 Å². The zero-order valence-electron chi connectivity index (χ0n) is 10.2. The molecule has 0 aliphatic heterocycles. The van der Waals surface area contributed by atoms with Gasteiger partial charge in [0.1, 0.15) is 0 Å². The van der Waals surface area contributed by atoms with Gasteiger partial charge in [0.15, 0.2) is 0 Å². The molecule has 0 saturated heterocycles. The molecule has 0 amide bonds. The lowest BCUT2D eigenvalue weighted by atomic mass is 9.83. The fourth-order valence-corrected chi connectivity index (χ4v) is 2.59. The molecule has 3 heteroatoms. The van der Waals surface area contributed by atoms with Crippen LogP contribution >= 0.6 is 11.6 Å². The molecule has 0 radical (unpaired) electrons. The van der Waals surface area contributed by atoms with Crippen molar-refractivity contribution in [2.45, 2.75) is 31.7 Å². The summed E-state index contributed by atoms with van der Waals surface area (Å²) in [5.74, 6) is 0.937. The summed E-state index contributed by atoms with van der Waals surface area (Å²) in [6, 6.07) is 8.12. The summed E-state index contributed by atoms with van der Waals surface area (Å²) in [5.41, 5.74) is 6.93. The zero-order chi connectivity index (χ0) is 12.1. The Morgan fingerprint density at radius 1 is 1.35 bits per heavy atom. The molecule has 1 aromatic rings. The van der Waals surface area contributed by atoms with Crippen LogP contribution in [0.2, 0.25) is 5.02 Å². The van der Waals surface area contributed by atoms with E-state index < -0.39 is 0 Å². The highest BCUT2D eigenvalue weighted by molar-refractivity contribution is 6.31. The van der Waals surface area contributed by atoms with Crippen LogP contribution in [0.4, 0.5) is 0 Å². The third kappa shape index (κ3) is 3.44. The van der Waals surface area contributed by atoms with Crippen molar-refractivity contribution < 1.29 is 0 Å². The van der Waals surface area contributed by atoms with Crippen LogP contribution in [-0.4, -0.2) is 13.1 Å². The maximum absolute atomic E-state index is 6.18. The van der Waals surface area contributed by atoms with Crippen molar-refractivity contribution in [3.63, 3.8) is 0 Å². The quantitative estimate of drug-likeness (QED) is 0.817. The fraction of sp³-hybridized carbons (Fsp3) is 0.571. The normalized spacial score (nSPS) is 17.8. The Morgan fingerprint density at radius 2 is 2.12 bits per heavy atom. The number of hydrogen-bond acceptors (Lipinski definition) is 2. The standard InChI is InChI=1S/C14H21ClN2/c15-13-7-2-1-6-12(13)14(10-16)17-9-8-11-4-3-5-11/h1-2,6-7,11,14,17H,3-5,8-10,16H2. The Bertz CT molecular complexity index is 350. The van der Waals surface area contributed by atoms with Crippen molar-refractivity contribution in [2.24, 2.45) is 11.7 Å². The molecule has 0 heterocycles. The molecule has 0 bridgehead atoms. The predicted molar refractivity (Wildman–Crippen MR) is 73.2 cm³/mol. The van der Waals surface area contributed by atoms with E-state index in [1.165, 1.54) is 25.7 Å². The van der Waals surface area contributed by atoms with Crippen molar-refractivity contribution >= 4 is 11.6 Å². The Hall–Kier alpha value is -0.570. The number of halogens is 1. The number of nitrogens with two attached hydrogens (primary N) is 1. The summed E-state index contributed by atoms with van der Waals surface area (Å²) in [7, 11) is 0. The highest BCUT2D eigenvalue weighted by Gasteiger charge is 2.18. The monoisotopic (exact) mass is 252 g/mol. The average molecular weight is 253 g/mol. The van der Waals surface area contributed by atoms with Gasteiger partial charge >= 0.3 is 0 Å². The first-order chi connectivity index (χ1) is 8.31. The minimum absolute atomic E-state index is 0.184. The van der Waals surface area contributed by atoms with E-state index in [4.69, 9.17) is 17.3 Å². The summed E-state index contributed by atoms with van der Waals surface area (Å²) in [5, 5.41) is 4.32. The molecular weight excluding hydrogens is 232 g/mol. The average Bonchev–Trinajstić information content (AvgIpc) is 2.28. The van der Waals surface area contributed by atoms with Crippen molar-refractivity contribution in [3.05, 3.63) is 34.9 Å². The zero-order valence-corrected chi connectivity index (χ0v) is 10.9. The number of benzene rings is 1. The second-order valence-electron chi connectivity index (χ2n) is 4.85. The van der Waals surface area contributed by atoms with E-state index >= 15 is 0 Å². The third-order valence-corrected chi connectivity index (χ3v) is 4.03. The SMILES string of the molecule is NCC(NCCC1CCC1)c1ccccc1Cl. The largest absolute Gasteiger partial charge is 0.329 e. The van der Waals surface area contributed by atoms with Gasteiger partial charge in [0, 0.05) is 17.6 Å². The van der Waals surface area contributed by atoms with E-state index in [0.29, 0.717) is 6.54 Å². The number of rotatable bonds is 6. The summed E-state index contributed by atoms with van der Waals surface area (Å²) >= 11 is 6.18. The van der Waals surface area contributed by atoms with Crippen molar-refractivity contribution in [2.75, 3.05) is 13.1 Å². The molecule has 1 atom stereocenters. The van der Waals surface area contributed by atoms with E-state index in [2.05, 4.69) is 11.4 Å². The molecule has 1 fully saturated rings. The first-order valence-corrected chi connectivity index (χ1v) is 6.87. The minimum atomic E-state index is 0.184. The fourth-order valence-electron chi connectivity index (χ4n) is 2.32. The molecule has 3 N–H and O–H groups in total. The molecule has 17 heavy (non-hydrogen) atoms. The van der Waals surface area contributed by atoms with Gasteiger partial charge in [-0.05, 0) is 30.5 Å². The lowest BCUT2D eigenvalue weighted by Crippen LogP contribution is -2.30. The number of nitrogens with one attached hydrogen (secondary N) is 1. The second kappa shape index (κ2) is 6.39. The van der Waals surface area contributed by atoms with Gasteiger partial charge in [0.2, 0.25) is 0 Å². The van der Waals surface area contributed by atoms with Gasteiger partial charge in [0.25, 0.3) is 0 Å². The molecule has 0 spiro atoms. The Balaban J connectivity index is 1.85. The second-order valence-corrected chi connectivity index (χ2v) is 5.26. The molecule has 1 unspecified atom stereocenters. The highest BCUT2D eigenvalue weighted by Crippen LogP contribution is 2.29. The first kappa shape index (κ1) is 12.9. The van der Waals surface area contributed by atoms with Crippen LogP contribution in [0.15, 0.2) is 24.3 Å². The van der Waals surface area contributed by atoms with Gasteiger partial charge < -0.3 is 11.1 Å². The molecule has 2 nitrogen and oxygen atoms in total. The topological polar surface area (TPSA) is 38.0 Å². The summed E-state index contributed by atoms with van der Waals surface area (Å²) in [4.78, 5) is 0. The van der Waals surface area contributed by atoms with Crippen LogP contribution in [0.3, 0.4) is 0 Å². The minimum Gasteiger partial charge on any atom is -0.329 e. The van der Waals surface area contributed by atoms with Crippen LogP contribution in [-0.2, 0) is 0 Å². The molecule has 94 valence electrons. The van der Waals surface area contributed by atoms with Crippen LogP contribution in [0.25, 0.3) is 0 Å². The molecule has 1 aliphatic carbocycles. The van der Waals surface area contributed by atoms with Crippen LogP contribution < -0.4 is 11.1 Å². The van der Waals surface area contributed by atoms with Crippen molar-refractivity contribution in [1.82, 2.24) is 5.32 Å². The molecule has 1 aliphatic rings. The summed E-state index contributed by atoms with van der Waals surface area (Å²) in [6.07, 6.45) is 5.48. The highest BCUT2D eigenvalue weighted by atomic mass is 35.5. The predicted octanol–water partition coefficient (Wildman–Crippen LogP) is 3.12. The van der Waals surface area contributed by atoms with Gasteiger partial charge in [0.05, 0.1) is 0 Å². The van der Waals surface area contributed by atoms with Gasteiger partial charge in [-0.15, -0.1) is 0 Å². The van der Waals surface area contributed by atoms with Crippen LogP contribution in [0.1, 0.15) is 37.3 Å². The molecule has 0 aromatic heterocycles. The molecule has 1 saturated carbocycles. The lowest BCUT2D eigenvalue weighted by molar-refractivity contribution is 0.288. The van der Waals surface area contributed by atoms with E-state index in [0.717, 1.165) is 23.0 Å². The maximum atomic E-state index is 6.18. The molecule has 2 rings (SSSR count). The third-order valence-electron chi connectivity index (χ3n) is 3.68. The summed E-state index contributed by atoms with van der Waals surface area (Å²) < 4.78 is 0. The van der Waals surface area contributed by atoms with Crippen LogP contribution in [0, 0.1) is 5.92 Å². The Morgan fingerprint density at radius 3 is 2.71 bits per heavy atom.